The Morgan fingerprint density at radius 3 is 2.50 bits per heavy atom. The number of aryl methyl sites for hydroxylation is 3. The molecule has 1 amide bonds. The number of thiazole rings is 1. The number of nitrogens with one attached hydrogen (secondary N) is 1. The minimum Gasteiger partial charge on any atom is -0.480 e. The van der Waals surface area contributed by atoms with Gasteiger partial charge in [0.15, 0.2) is 16.4 Å². The first-order valence-corrected chi connectivity index (χ1v) is 17.4. The van der Waals surface area contributed by atoms with Gasteiger partial charge in [-0.25, -0.2) is 18.2 Å². The van der Waals surface area contributed by atoms with E-state index < -0.39 is 22.4 Å². The molecule has 0 atom stereocenters. The van der Waals surface area contributed by atoms with Gasteiger partial charge in [-0.3, -0.25) is 4.79 Å². The number of halogens is 1. The van der Waals surface area contributed by atoms with E-state index in [2.05, 4.69) is 10.7 Å². The highest BCUT2D eigenvalue weighted by Gasteiger charge is 2.22. The number of hydrogen-bond acceptors (Lipinski definition) is 7. The van der Waals surface area contributed by atoms with Gasteiger partial charge in [0, 0.05) is 28.3 Å². The Bertz CT molecular complexity index is 1730. The van der Waals surface area contributed by atoms with E-state index in [1.165, 1.54) is 37.1 Å². The van der Waals surface area contributed by atoms with Crippen LogP contribution in [0.25, 0.3) is 0 Å². The van der Waals surface area contributed by atoms with Gasteiger partial charge < -0.3 is 15.2 Å². The smallest absolute Gasteiger partial charge is 0.341 e. The molecule has 1 aromatic heterocycles. The first kappa shape index (κ1) is 31.7. The van der Waals surface area contributed by atoms with Crippen LogP contribution in [0.3, 0.4) is 0 Å². The molecule has 0 spiro atoms. The van der Waals surface area contributed by atoms with Crippen molar-refractivity contribution in [2.45, 2.75) is 55.8 Å². The van der Waals surface area contributed by atoms with Gasteiger partial charge in [-0.2, -0.15) is 0 Å². The second-order valence-corrected chi connectivity index (χ2v) is 14.3. The van der Waals surface area contributed by atoms with Crippen molar-refractivity contribution >= 4 is 50.3 Å². The highest BCUT2D eigenvalue weighted by Crippen LogP contribution is 2.36. The number of ether oxygens (including phenoxy) is 1. The number of benzene rings is 3. The van der Waals surface area contributed by atoms with Crippen LogP contribution in [0.2, 0.25) is 5.02 Å². The van der Waals surface area contributed by atoms with E-state index >= 15 is 0 Å². The lowest BCUT2D eigenvalue weighted by Crippen LogP contribution is -2.15. The molecule has 0 saturated heterocycles. The summed E-state index contributed by atoms with van der Waals surface area (Å²) in [4.78, 5) is 29.5. The number of anilines is 1. The van der Waals surface area contributed by atoms with Crippen molar-refractivity contribution in [2.75, 3.05) is 17.7 Å². The zero-order valence-corrected chi connectivity index (χ0v) is 26.4. The minimum absolute atomic E-state index is 0.0662. The van der Waals surface area contributed by atoms with Crippen LogP contribution in [0.1, 0.15) is 63.8 Å². The molecule has 11 heteroatoms. The summed E-state index contributed by atoms with van der Waals surface area (Å²) in [5.41, 5.74) is 3.76. The Labute approximate surface area is 266 Å². The Hall–Kier alpha value is -3.73. The SMILES string of the molecule is O=C(O)COc1ccc(CCCS(=O)(=O)c2ccc(Cl)cc2)cc1NC(=O)c1cccc(CCc2nc(C3CCC3)cs2)c1. The van der Waals surface area contributed by atoms with Gasteiger partial charge in [-0.1, -0.05) is 36.2 Å². The molecular formula is C33H33ClN2O6S2. The molecule has 8 nitrogen and oxygen atoms in total. The Morgan fingerprint density at radius 2 is 1.77 bits per heavy atom. The summed E-state index contributed by atoms with van der Waals surface area (Å²) in [6.07, 6.45) is 6.03. The fourth-order valence-electron chi connectivity index (χ4n) is 4.97. The van der Waals surface area contributed by atoms with Gasteiger partial charge in [0.05, 0.1) is 27.0 Å². The maximum Gasteiger partial charge on any atom is 0.341 e. The molecule has 3 aromatic carbocycles. The first-order chi connectivity index (χ1) is 21.2. The molecule has 4 aromatic rings. The highest BCUT2D eigenvalue weighted by molar-refractivity contribution is 7.91. The van der Waals surface area contributed by atoms with Crippen molar-refractivity contribution in [3.05, 3.63) is 105 Å². The van der Waals surface area contributed by atoms with E-state index in [1.807, 2.05) is 18.2 Å². The predicted molar refractivity (Wildman–Crippen MR) is 172 cm³/mol. The number of rotatable bonds is 14. The molecule has 230 valence electrons. The molecule has 0 bridgehead atoms. The summed E-state index contributed by atoms with van der Waals surface area (Å²) in [6.45, 7) is -0.573. The van der Waals surface area contributed by atoms with Gasteiger partial charge in [-0.15, -0.1) is 11.3 Å². The molecule has 0 radical (unpaired) electrons. The van der Waals surface area contributed by atoms with Crippen LogP contribution in [-0.4, -0.2) is 42.7 Å². The standard InChI is InChI=1S/C33H33ClN2O6S2/c34-26-11-13-27(14-12-26)44(40,41)17-3-5-23-9-15-30(42-20-32(37)38)28(19-23)36-33(39)25-8-1-4-22(18-25)10-16-31-35-29(21-43-31)24-6-2-7-24/h1,4,8-9,11-15,18-19,21,24H,2-3,5-7,10,16-17,20H2,(H,36,39)(H,37,38). The molecule has 1 aliphatic rings. The molecule has 1 aliphatic carbocycles. The molecule has 5 rings (SSSR count). The van der Waals surface area contributed by atoms with Crippen LogP contribution in [0.5, 0.6) is 5.75 Å². The van der Waals surface area contributed by atoms with E-state index in [0.29, 0.717) is 35.0 Å². The number of amides is 1. The van der Waals surface area contributed by atoms with Crippen molar-refractivity contribution in [1.82, 2.24) is 4.98 Å². The van der Waals surface area contributed by atoms with Crippen LogP contribution >= 0.6 is 22.9 Å². The van der Waals surface area contributed by atoms with Crippen LogP contribution in [0.4, 0.5) is 5.69 Å². The van der Waals surface area contributed by atoms with E-state index in [-0.39, 0.29) is 22.3 Å². The summed E-state index contributed by atoms with van der Waals surface area (Å²) < 4.78 is 30.9. The van der Waals surface area contributed by atoms with Crippen LogP contribution in [0, 0.1) is 0 Å². The quantitative estimate of drug-likeness (QED) is 0.151. The lowest BCUT2D eigenvalue weighted by molar-refractivity contribution is -0.139. The van der Waals surface area contributed by atoms with Crippen LogP contribution in [0.15, 0.2) is 77.0 Å². The summed E-state index contributed by atoms with van der Waals surface area (Å²) in [6, 6.07) is 18.5. The van der Waals surface area contributed by atoms with Crippen molar-refractivity contribution in [1.29, 1.82) is 0 Å². The molecule has 44 heavy (non-hydrogen) atoms. The third kappa shape index (κ3) is 8.46. The summed E-state index contributed by atoms with van der Waals surface area (Å²) >= 11 is 7.57. The number of sulfone groups is 1. The number of carbonyl (C=O) groups excluding carboxylic acids is 1. The van der Waals surface area contributed by atoms with E-state index in [1.54, 1.807) is 47.7 Å². The number of carbonyl (C=O) groups is 2. The molecule has 2 N–H and O–H groups in total. The largest absolute Gasteiger partial charge is 0.480 e. The van der Waals surface area contributed by atoms with Crippen molar-refractivity contribution in [3.8, 4) is 5.75 Å². The summed E-state index contributed by atoms with van der Waals surface area (Å²) in [5, 5.41) is 15.7. The number of carboxylic acids is 1. The van der Waals surface area contributed by atoms with Gasteiger partial charge >= 0.3 is 5.97 Å². The number of hydrogen-bond donors (Lipinski definition) is 2. The van der Waals surface area contributed by atoms with Gasteiger partial charge in [0.2, 0.25) is 0 Å². The van der Waals surface area contributed by atoms with Crippen molar-refractivity contribution in [2.24, 2.45) is 0 Å². The van der Waals surface area contributed by atoms with Crippen molar-refractivity contribution in [3.63, 3.8) is 0 Å². The fraction of sp³-hybridized carbons (Fsp3) is 0.303. The van der Waals surface area contributed by atoms with E-state index in [4.69, 9.17) is 26.4 Å². The Balaban J connectivity index is 1.24. The van der Waals surface area contributed by atoms with Crippen LogP contribution in [-0.2, 0) is 33.9 Å². The lowest BCUT2D eigenvalue weighted by atomic mass is 9.83. The van der Waals surface area contributed by atoms with E-state index in [0.717, 1.165) is 29.0 Å². The van der Waals surface area contributed by atoms with Crippen molar-refractivity contribution < 1.29 is 27.9 Å². The normalized spacial score (nSPS) is 13.3. The molecule has 1 fully saturated rings. The Morgan fingerprint density at radius 1 is 1.00 bits per heavy atom. The first-order valence-electron chi connectivity index (χ1n) is 14.5. The molecular weight excluding hydrogens is 620 g/mol. The molecule has 1 heterocycles. The van der Waals surface area contributed by atoms with E-state index in [9.17, 15) is 18.0 Å². The zero-order valence-electron chi connectivity index (χ0n) is 24.0. The predicted octanol–water partition coefficient (Wildman–Crippen LogP) is 6.97. The van der Waals surface area contributed by atoms with Gasteiger partial charge in [0.1, 0.15) is 5.75 Å². The monoisotopic (exact) mass is 652 g/mol. The Kier molecular flexibility index (Phi) is 10.3. The lowest BCUT2D eigenvalue weighted by Gasteiger charge is -2.22. The summed E-state index contributed by atoms with van der Waals surface area (Å²) in [7, 11) is -3.49. The average Bonchev–Trinajstić information content (AvgIpc) is 3.43. The number of aliphatic carboxylic acids is 1. The summed E-state index contributed by atoms with van der Waals surface area (Å²) in [5.74, 6) is -0.760. The third-order valence-corrected chi connectivity index (χ3v) is 10.6. The minimum atomic E-state index is -3.49. The topological polar surface area (TPSA) is 123 Å². The van der Waals surface area contributed by atoms with Gasteiger partial charge in [0.25, 0.3) is 5.91 Å². The zero-order chi connectivity index (χ0) is 31.1. The number of aromatic nitrogens is 1. The number of nitrogens with zero attached hydrogens (tertiary/aromatic N) is 1. The number of carboxylic acid groups (broad SMARTS) is 1. The second kappa shape index (κ2) is 14.4. The maximum atomic E-state index is 13.3. The maximum absolute atomic E-state index is 13.3. The third-order valence-electron chi connectivity index (χ3n) is 7.60. The highest BCUT2D eigenvalue weighted by atomic mass is 35.5. The fourth-order valence-corrected chi connectivity index (χ4v) is 7.28. The average molecular weight is 653 g/mol. The van der Waals surface area contributed by atoms with Crippen LogP contribution < -0.4 is 10.1 Å². The van der Waals surface area contributed by atoms with Gasteiger partial charge in [-0.05, 0) is 91.8 Å². The molecule has 0 aliphatic heterocycles. The molecule has 0 unspecified atom stereocenters. The molecule has 1 saturated carbocycles. The second-order valence-electron chi connectivity index (χ2n) is 10.8.